The molecule has 3 heteroatoms. The quantitative estimate of drug-likeness (QED) is 0.680. The van der Waals surface area contributed by atoms with Crippen molar-refractivity contribution in [1.29, 1.82) is 0 Å². The van der Waals surface area contributed by atoms with E-state index in [-0.39, 0.29) is 0 Å². The van der Waals surface area contributed by atoms with Crippen molar-refractivity contribution in [3.63, 3.8) is 0 Å². The minimum atomic E-state index is 0.311. The highest BCUT2D eigenvalue weighted by molar-refractivity contribution is 5.76. The fraction of sp³-hybridized carbons (Fsp3) is 0.316. The first-order chi connectivity index (χ1) is 10.8. The lowest BCUT2D eigenvalue weighted by molar-refractivity contribution is 0.187. The number of methoxy groups -OCH3 is 1. The van der Waals surface area contributed by atoms with Crippen molar-refractivity contribution in [2.75, 3.05) is 13.7 Å². The van der Waals surface area contributed by atoms with E-state index in [0.717, 1.165) is 24.3 Å². The van der Waals surface area contributed by atoms with Gasteiger partial charge in [0.2, 0.25) is 0 Å². The molecule has 3 aromatic rings. The fourth-order valence-corrected chi connectivity index (χ4v) is 3.03. The van der Waals surface area contributed by atoms with Crippen molar-refractivity contribution < 1.29 is 4.74 Å². The van der Waals surface area contributed by atoms with Gasteiger partial charge in [0.1, 0.15) is 5.82 Å². The summed E-state index contributed by atoms with van der Waals surface area (Å²) in [5.41, 5.74) is 3.56. The van der Waals surface area contributed by atoms with Crippen LogP contribution in [0, 0.1) is 0 Å². The van der Waals surface area contributed by atoms with E-state index in [1.165, 1.54) is 11.1 Å². The number of hydrogen-bond acceptors (Lipinski definition) is 2. The van der Waals surface area contributed by atoms with E-state index in [4.69, 9.17) is 9.72 Å². The maximum atomic E-state index is 5.29. The third-order valence-electron chi connectivity index (χ3n) is 4.12. The Balaban J connectivity index is 2.11. The molecule has 0 aliphatic rings. The Morgan fingerprint density at radius 1 is 1.05 bits per heavy atom. The van der Waals surface area contributed by atoms with Crippen molar-refractivity contribution in [2.45, 2.75) is 25.8 Å². The predicted molar refractivity (Wildman–Crippen MR) is 90.2 cm³/mol. The summed E-state index contributed by atoms with van der Waals surface area (Å²) in [6.45, 7) is 3.74. The highest BCUT2D eigenvalue weighted by Crippen LogP contribution is 2.30. The SMILES string of the molecule is CCC(c1ccccc1)c1nc2ccccc2n1CCOC. The van der Waals surface area contributed by atoms with Gasteiger partial charge in [0, 0.05) is 19.6 Å². The van der Waals surface area contributed by atoms with Crippen LogP contribution >= 0.6 is 0 Å². The third kappa shape index (κ3) is 2.77. The monoisotopic (exact) mass is 294 g/mol. The van der Waals surface area contributed by atoms with E-state index in [9.17, 15) is 0 Å². The van der Waals surface area contributed by atoms with Crippen LogP contribution in [0.15, 0.2) is 54.6 Å². The van der Waals surface area contributed by atoms with E-state index < -0.39 is 0 Å². The Labute approximate surface area is 131 Å². The summed E-state index contributed by atoms with van der Waals surface area (Å²) in [4.78, 5) is 4.92. The zero-order valence-corrected chi connectivity index (χ0v) is 13.2. The van der Waals surface area contributed by atoms with Crippen molar-refractivity contribution in [1.82, 2.24) is 9.55 Å². The van der Waals surface area contributed by atoms with Crippen LogP contribution in [0.25, 0.3) is 11.0 Å². The second-order valence-corrected chi connectivity index (χ2v) is 5.47. The van der Waals surface area contributed by atoms with Crippen LogP contribution in [0.4, 0.5) is 0 Å². The molecule has 2 aromatic carbocycles. The topological polar surface area (TPSA) is 27.1 Å². The zero-order chi connectivity index (χ0) is 15.4. The molecular weight excluding hydrogens is 272 g/mol. The van der Waals surface area contributed by atoms with Crippen LogP contribution in [0.1, 0.15) is 30.7 Å². The lowest BCUT2D eigenvalue weighted by Crippen LogP contribution is -2.12. The molecule has 1 aromatic heterocycles. The number of imidazole rings is 1. The summed E-state index contributed by atoms with van der Waals surface area (Å²) in [5.74, 6) is 1.44. The molecule has 0 aliphatic carbocycles. The van der Waals surface area contributed by atoms with E-state index in [2.05, 4.69) is 60.0 Å². The molecule has 114 valence electrons. The van der Waals surface area contributed by atoms with Crippen molar-refractivity contribution in [3.8, 4) is 0 Å². The lowest BCUT2D eigenvalue weighted by atomic mass is 9.95. The first kappa shape index (κ1) is 14.8. The Hall–Kier alpha value is -2.13. The summed E-state index contributed by atoms with van der Waals surface area (Å²) in [5, 5.41) is 0. The normalized spacial score (nSPS) is 12.6. The summed E-state index contributed by atoms with van der Waals surface area (Å²) >= 11 is 0. The number of nitrogens with zero attached hydrogens (tertiary/aromatic N) is 2. The maximum Gasteiger partial charge on any atom is 0.117 e. The molecule has 0 saturated heterocycles. The fourth-order valence-electron chi connectivity index (χ4n) is 3.03. The highest BCUT2D eigenvalue weighted by Gasteiger charge is 2.20. The molecule has 0 amide bonds. The van der Waals surface area contributed by atoms with Crippen LogP contribution in [0.3, 0.4) is 0 Å². The van der Waals surface area contributed by atoms with Gasteiger partial charge in [0.15, 0.2) is 0 Å². The van der Waals surface area contributed by atoms with E-state index in [1.54, 1.807) is 7.11 Å². The molecule has 0 fully saturated rings. The number of rotatable bonds is 6. The molecule has 0 saturated carbocycles. The van der Waals surface area contributed by atoms with Gasteiger partial charge in [0.25, 0.3) is 0 Å². The molecule has 0 N–H and O–H groups in total. The van der Waals surface area contributed by atoms with Gasteiger partial charge in [0.05, 0.1) is 17.6 Å². The number of aromatic nitrogens is 2. The Morgan fingerprint density at radius 2 is 1.77 bits per heavy atom. The van der Waals surface area contributed by atoms with Gasteiger partial charge < -0.3 is 9.30 Å². The largest absolute Gasteiger partial charge is 0.383 e. The summed E-state index contributed by atoms with van der Waals surface area (Å²) in [6.07, 6.45) is 1.03. The van der Waals surface area contributed by atoms with Crippen molar-refractivity contribution in [2.24, 2.45) is 0 Å². The molecule has 1 heterocycles. The van der Waals surface area contributed by atoms with Gasteiger partial charge in [-0.15, -0.1) is 0 Å². The number of benzene rings is 2. The van der Waals surface area contributed by atoms with Gasteiger partial charge in [-0.25, -0.2) is 4.98 Å². The Bertz CT molecular complexity index is 734. The maximum absolute atomic E-state index is 5.29. The summed E-state index contributed by atoms with van der Waals surface area (Å²) < 4.78 is 7.60. The van der Waals surface area contributed by atoms with E-state index >= 15 is 0 Å². The molecule has 0 bridgehead atoms. The van der Waals surface area contributed by atoms with E-state index in [1.807, 2.05) is 6.07 Å². The van der Waals surface area contributed by atoms with Crippen LogP contribution in [-0.4, -0.2) is 23.3 Å². The first-order valence-electron chi connectivity index (χ1n) is 7.84. The molecule has 1 unspecified atom stereocenters. The van der Waals surface area contributed by atoms with Gasteiger partial charge in [-0.2, -0.15) is 0 Å². The lowest BCUT2D eigenvalue weighted by Gasteiger charge is -2.17. The summed E-state index contributed by atoms with van der Waals surface area (Å²) in [6, 6.07) is 19.0. The second-order valence-electron chi connectivity index (χ2n) is 5.47. The summed E-state index contributed by atoms with van der Waals surface area (Å²) in [7, 11) is 1.74. The van der Waals surface area contributed by atoms with Gasteiger partial charge in [-0.3, -0.25) is 0 Å². The molecule has 0 spiro atoms. The second kappa shape index (κ2) is 6.75. The zero-order valence-electron chi connectivity index (χ0n) is 13.2. The minimum absolute atomic E-state index is 0.311. The average Bonchev–Trinajstić information content (AvgIpc) is 2.93. The van der Waals surface area contributed by atoms with Crippen LogP contribution in [0.5, 0.6) is 0 Å². The molecule has 1 atom stereocenters. The van der Waals surface area contributed by atoms with Crippen molar-refractivity contribution in [3.05, 3.63) is 66.0 Å². The molecule has 3 rings (SSSR count). The number of para-hydroxylation sites is 2. The van der Waals surface area contributed by atoms with Crippen LogP contribution in [0.2, 0.25) is 0 Å². The van der Waals surface area contributed by atoms with Crippen LogP contribution < -0.4 is 0 Å². The Kier molecular flexibility index (Phi) is 4.54. The smallest absolute Gasteiger partial charge is 0.117 e. The van der Waals surface area contributed by atoms with Crippen molar-refractivity contribution >= 4 is 11.0 Å². The van der Waals surface area contributed by atoms with Gasteiger partial charge in [-0.1, -0.05) is 49.4 Å². The third-order valence-corrected chi connectivity index (χ3v) is 4.12. The molecule has 3 nitrogen and oxygen atoms in total. The molecular formula is C19H22N2O. The molecule has 22 heavy (non-hydrogen) atoms. The molecule has 0 radical (unpaired) electrons. The predicted octanol–water partition coefficient (Wildman–Crippen LogP) is 4.22. The number of fused-ring (bicyclic) bond motifs is 1. The average molecular weight is 294 g/mol. The van der Waals surface area contributed by atoms with E-state index in [0.29, 0.717) is 12.5 Å². The first-order valence-corrected chi connectivity index (χ1v) is 7.84. The number of hydrogen-bond donors (Lipinski definition) is 0. The number of ether oxygens (including phenoxy) is 1. The standard InChI is InChI=1S/C19H22N2O/c1-3-16(15-9-5-4-6-10-15)19-20-17-11-7-8-12-18(17)21(19)13-14-22-2/h4-12,16H,3,13-14H2,1-2H3. The molecule has 0 aliphatic heterocycles. The minimum Gasteiger partial charge on any atom is -0.383 e. The Morgan fingerprint density at radius 3 is 2.50 bits per heavy atom. The van der Waals surface area contributed by atoms with Crippen LogP contribution in [-0.2, 0) is 11.3 Å². The highest BCUT2D eigenvalue weighted by atomic mass is 16.5. The van der Waals surface area contributed by atoms with Gasteiger partial charge in [-0.05, 0) is 24.1 Å². The van der Waals surface area contributed by atoms with Gasteiger partial charge >= 0.3 is 0 Å².